The number of aromatic nitrogens is 1. The van der Waals surface area contributed by atoms with Gasteiger partial charge >= 0.3 is 0 Å². The van der Waals surface area contributed by atoms with Crippen molar-refractivity contribution in [3.05, 3.63) is 58.3 Å². The third-order valence-electron chi connectivity index (χ3n) is 3.92. The van der Waals surface area contributed by atoms with E-state index in [0.717, 1.165) is 42.9 Å². The van der Waals surface area contributed by atoms with Crippen LogP contribution in [-0.2, 0) is 13.0 Å². The van der Waals surface area contributed by atoms with Gasteiger partial charge in [0.05, 0.1) is 0 Å². The van der Waals surface area contributed by atoms with Gasteiger partial charge in [-0.15, -0.1) is 12.6 Å². The summed E-state index contributed by atoms with van der Waals surface area (Å²) >= 11 is 4.42. The molecule has 0 spiro atoms. The Labute approximate surface area is 139 Å². The maximum Gasteiger partial charge on any atom is 0.159 e. The largest absolute Gasteiger partial charge is 0.398 e. The number of halogens is 2. The predicted molar refractivity (Wildman–Crippen MR) is 89.9 cm³/mol. The second-order valence-electron chi connectivity index (χ2n) is 5.73. The van der Waals surface area contributed by atoms with Gasteiger partial charge in [-0.2, -0.15) is 0 Å². The molecule has 0 atom stereocenters. The standard InChI is InChI=1S/C17H17F2N3S/c1-22-5-4-16-11(9-22)8-12(17(23)21-16)15(20)7-10-2-3-13(18)14(19)6-10/h2-3,6-8H,4-5,9,20H2,1H3,(H,21,23)/b15-7-. The molecule has 120 valence electrons. The van der Waals surface area contributed by atoms with E-state index in [-0.39, 0.29) is 0 Å². The number of rotatable bonds is 2. The lowest BCUT2D eigenvalue weighted by Gasteiger charge is -2.25. The van der Waals surface area contributed by atoms with Crippen LogP contribution in [0, 0.1) is 11.6 Å². The van der Waals surface area contributed by atoms with Crippen LogP contribution >= 0.6 is 12.6 Å². The average molecular weight is 333 g/mol. The van der Waals surface area contributed by atoms with Crippen molar-refractivity contribution in [3.8, 4) is 0 Å². The molecule has 0 unspecified atom stereocenters. The second-order valence-corrected chi connectivity index (χ2v) is 6.15. The number of nitrogens with zero attached hydrogens (tertiary/aromatic N) is 2. The maximum absolute atomic E-state index is 13.3. The van der Waals surface area contributed by atoms with Crippen molar-refractivity contribution < 1.29 is 8.78 Å². The molecule has 23 heavy (non-hydrogen) atoms. The van der Waals surface area contributed by atoms with Crippen LogP contribution in [0.15, 0.2) is 29.3 Å². The molecule has 6 heteroatoms. The van der Waals surface area contributed by atoms with Crippen LogP contribution in [0.1, 0.15) is 22.4 Å². The van der Waals surface area contributed by atoms with Gasteiger partial charge in [-0.1, -0.05) is 6.07 Å². The number of benzene rings is 1. The summed E-state index contributed by atoms with van der Waals surface area (Å²) < 4.78 is 26.3. The third-order valence-corrected chi connectivity index (χ3v) is 4.26. The first-order valence-electron chi connectivity index (χ1n) is 7.27. The molecule has 1 aliphatic heterocycles. The van der Waals surface area contributed by atoms with Crippen LogP contribution < -0.4 is 5.73 Å². The van der Waals surface area contributed by atoms with Gasteiger partial charge < -0.3 is 10.6 Å². The number of hydrogen-bond acceptors (Lipinski definition) is 4. The van der Waals surface area contributed by atoms with Crippen molar-refractivity contribution in [1.82, 2.24) is 9.88 Å². The van der Waals surface area contributed by atoms with E-state index < -0.39 is 11.6 Å². The molecule has 0 aliphatic carbocycles. The molecule has 3 nitrogen and oxygen atoms in total. The number of hydrogen-bond donors (Lipinski definition) is 2. The Morgan fingerprint density at radius 1 is 1.30 bits per heavy atom. The lowest BCUT2D eigenvalue weighted by molar-refractivity contribution is 0.309. The molecule has 1 aliphatic rings. The Hall–Kier alpha value is -1.92. The van der Waals surface area contributed by atoms with Gasteiger partial charge in [-0.3, -0.25) is 0 Å². The van der Waals surface area contributed by atoms with Crippen LogP contribution in [0.4, 0.5) is 8.78 Å². The molecule has 2 aromatic rings. The van der Waals surface area contributed by atoms with E-state index in [1.807, 2.05) is 6.07 Å². The molecule has 3 rings (SSSR count). The van der Waals surface area contributed by atoms with E-state index in [0.29, 0.717) is 21.8 Å². The molecular weight excluding hydrogens is 316 g/mol. The number of thiol groups is 1. The molecule has 0 radical (unpaired) electrons. The Balaban J connectivity index is 1.98. The van der Waals surface area contributed by atoms with Gasteiger partial charge in [0, 0.05) is 36.5 Å². The van der Waals surface area contributed by atoms with Gasteiger partial charge in [0.15, 0.2) is 11.6 Å². The zero-order chi connectivity index (χ0) is 16.6. The fraction of sp³-hybridized carbons (Fsp3) is 0.235. The summed E-state index contributed by atoms with van der Waals surface area (Å²) in [5, 5.41) is 0.546. The van der Waals surface area contributed by atoms with E-state index in [2.05, 4.69) is 29.6 Å². The summed E-state index contributed by atoms with van der Waals surface area (Å²) in [5.41, 5.74) is 9.90. The number of pyridine rings is 1. The first kappa shape index (κ1) is 16.0. The summed E-state index contributed by atoms with van der Waals surface area (Å²) in [6.07, 6.45) is 2.48. The van der Waals surface area contributed by atoms with Crippen molar-refractivity contribution in [2.45, 2.75) is 18.0 Å². The summed E-state index contributed by atoms with van der Waals surface area (Å²) in [4.78, 5) is 6.73. The predicted octanol–water partition coefficient (Wildman–Crippen LogP) is 3.09. The van der Waals surface area contributed by atoms with Crippen molar-refractivity contribution in [2.24, 2.45) is 5.73 Å². The SMILES string of the molecule is CN1CCc2nc(S)c(/C(N)=C/c3ccc(F)c(F)c3)cc2C1. The van der Waals surface area contributed by atoms with Crippen LogP contribution in [0.5, 0.6) is 0 Å². The van der Waals surface area contributed by atoms with Gasteiger partial charge in [0.1, 0.15) is 5.03 Å². The van der Waals surface area contributed by atoms with E-state index in [1.165, 1.54) is 6.07 Å². The Kier molecular flexibility index (Phi) is 4.37. The van der Waals surface area contributed by atoms with E-state index in [1.54, 1.807) is 6.08 Å². The number of likely N-dealkylation sites (N-methyl/N-ethyl adjacent to an activating group) is 1. The molecule has 0 saturated carbocycles. The topological polar surface area (TPSA) is 42.2 Å². The summed E-state index contributed by atoms with van der Waals surface area (Å²) in [5.74, 6) is -1.78. The maximum atomic E-state index is 13.3. The Morgan fingerprint density at radius 2 is 2.09 bits per heavy atom. The molecule has 0 fully saturated rings. The van der Waals surface area contributed by atoms with Gasteiger partial charge in [-0.05, 0) is 42.4 Å². The molecule has 0 saturated heterocycles. The molecule has 2 heterocycles. The van der Waals surface area contributed by atoms with E-state index in [4.69, 9.17) is 5.73 Å². The molecule has 1 aromatic carbocycles. The lowest BCUT2D eigenvalue weighted by Crippen LogP contribution is -2.27. The fourth-order valence-corrected chi connectivity index (χ4v) is 2.99. The van der Waals surface area contributed by atoms with Gasteiger partial charge in [0.25, 0.3) is 0 Å². The number of fused-ring (bicyclic) bond motifs is 1. The quantitative estimate of drug-likeness (QED) is 0.830. The summed E-state index contributed by atoms with van der Waals surface area (Å²) in [6, 6.07) is 5.64. The highest BCUT2D eigenvalue weighted by Gasteiger charge is 2.17. The molecule has 0 amide bonds. The highest BCUT2D eigenvalue weighted by molar-refractivity contribution is 7.80. The Morgan fingerprint density at radius 3 is 2.83 bits per heavy atom. The van der Waals surface area contributed by atoms with E-state index in [9.17, 15) is 8.78 Å². The zero-order valence-electron chi connectivity index (χ0n) is 12.7. The minimum atomic E-state index is -0.900. The Bertz CT molecular complexity index is 790. The van der Waals surface area contributed by atoms with Crippen molar-refractivity contribution in [3.63, 3.8) is 0 Å². The van der Waals surface area contributed by atoms with Gasteiger partial charge in [0.2, 0.25) is 0 Å². The first-order valence-corrected chi connectivity index (χ1v) is 7.71. The van der Waals surface area contributed by atoms with Crippen molar-refractivity contribution >= 4 is 24.4 Å². The monoisotopic (exact) mass is 333 g/mol. The first-order chi connectivity index (χ1) is 10.9. The van der Waals surface area contributed by atoms with Crippen molar-refractivity contribution in [2.75, 3.05) is 13.6 Å². The van der Waals surface area contributed by atoms with E-state index >= 15 is 0 Å². The minimum absolute atomic E-state index is 0.421. The zero-order valence-corrected chi connectivity index (χ0v) is 13.6. The second kappa shape index (κ2) is 6.29. The van der Waals surface area contributed by atoms with Crippen LogP contribution in [-0.4, -0.2) is 23.5 Å². The number of nitrogens with two attached hydrogens (primary N) is 1. The van der Waals surface area contributed by atoms with Crippen LogP contribution in [0.25, 0.3) is 11.8 Å². The third kappa shape index (κ3) is 3.38. The molecule has 2 N–H and O–H groups in total. The molecule has 0 bridgehead atoms. The molecule has 1 aromatic heterocycles. The summed E-state index contributed by atoms with van der Waals surface area (Å²) in [6.45, 7) is 1.77. The minimum Gasteiger partial charge on any atom is -0.398 e. The average Bonchev–Trinajstić information content (AvgIpc) is 2.50. The highest BCUT2D eigenvalue weighted by Crippen LogP contribution is 2.26. The smallest absolute Gasteiger partial charge is 0.159 e. The molecular formula is C17H17F2N3S. The normalized spacial score (nSPS) is 15.6. The van der Waals surface area contributed by atoms with Crippen LogP contribution in [0.2, 0.25) is 0 Å². The highest BCUT2D eigenvalue weighted by atomic mass is 32.1. The fourth-order valence-electron chi connectivity index (χ4n) is 2.67. The van der Waals surface area contributed by atoms with Crippen LogP contribution in [0.3, 0.4) is 0 Å². The summed E-state index contributed by atoms with van der Waals surface area (Å²) in [7, 11) is 2.05. The lowest BCUT2D eigenvalue weighted by atomic mass is 10.0. The van der Waals surface area contributed by atoms with Crippen molar-refractivity contribution in [1.29, 1.82) is 0 Å². The van der Waals surface area contributed by atoms with Gasteiger partial charge in [-0.25, -0.2) is 13.8 Å².